The summed E-state index contributed by atoms with van der Waals surface area (Å²) in [6.07, 6.45) is 2.80. The Morgan fingerprint density at radius 2 is 1.83 bits per heavy atom. The van der Waals surface area contributed by atoms with Crippen LogP contribution in [0.25, 0.3) is 5.69 Å². The third-order valence-electron chi connectivity index (χ3n) is 3.40. The SMILES string of the molecule is O=c1c(NCc2ccc(Cl)cc2)nccn1-c1ccc(F)c(F)c1. The Labute approximate surface area is 141 Å². The fourth-order valence-corrected chi connectivity index (χ4v) is 2.29. The summed E-state index contributed by atoms with van der Waals surface area (Å²) in [6, 6.07) is 10.4. The molecule has 0 aliphatic carbocycles. The molecule has 4 nitrogen and oxygen atoms in total. The second kappa shape index (κ2) is 6.80. The lowest BCUT2D eigenvalue weighted by Crippen LogP contribution is -2.23. The van der Waals surface area contributed by atoms with Crippen LogP contribution in [0, 0.1) is 11.6 Å². The highest BCUT2D eigenvalue weighted by Crippen LogP contribution is 2.13. The Hall–Kier alpha value is -2.73. The second-order valence-electron chi connectivity index (χ2n) is 5.03. The summed E-state index contributed by atoms with van der Waals surface area (Å²) in [5.41, 5.74) is 0.678. The van der Waals surface area contributed by atoms with E-state index < -0.39 is 17.2 Å². The van der Waals surface area contributed by atoms with E-state index in [2.05, 4.69) is 10.3 Å². The topological polar surface area (TPSA) is 46.9 Å². The summed E-state index contributed by atoms with van der Waals surface area (Å²) in [6.45, 7) is 0.376. The number of hydrogen-bond donors (Lipinski definition) is 1. The summed E-state index contributed by atoms with van der Waals surface area (Å²) >= 11 is 5.82. The highest BCUT2D eigenvalue weighted by molar-refractivity contribution is 6.30. The standard InChI is InChI=1S/C17H12ClF2N3O/c18-12-3-1-11(2-4-12)10-22-16-17(24)23(8-7-21-16)13-5-6-14(19)15(20)9-13/h1-9H,10H2,(H,21,22). The molecule has 0 aliphatic heterocycles. The van der Waals surface area contributed by atoms with Gasteiger partial charge in [-0.15, -0.1) is 0 Å². The summed E-state index contributed by atoms with van der Waals surface area (Å²) in [5.74, 6) is -1.88. The first-order valence-electron chi connectivity index (χ1n) is 7.06. The molecule has 0 amide bonds. The normalized spacial score (nSPS) is 10.6. The van der Waals surface area contributed by atoms with Crippen molar-refractivity contribution < 1.29 is 8.78 Å². The molecule has 7 heteroatoms. The Morgan fingerprint density at radius 1 is 1.08 bits per heavy atom. The first-order chi connectivity index (χ1) is 11.5. The van der Waals surface area contributed by atoms with E-state index in [0.29, 0.717) is 11.6 Å². The van der Waals surface area contributed by atoms with Crippen LogP contribution in [-0.4, -0.2) is 9.55 Å². The third kappa shape index (κ3) is 3.44. The minimum Gasteiger partial charge on any atom is -0.361 e. The Kier molecular flexibility index (Phi) is 4.57. The zero-order valence-electron chi connectivity index (χ0n) is 12.3. The van der Waals surface area contributed by atoms with Crippen LogP contribution in [0.3, 0.4) is 0 Å². The molecule has 0 fully saturated rings. The summed E-state index contributed by atoms with van der Waals surface area (Å²) < 4.78 is 27.6. The van der Waals surface area contributed by atoms with Gasteiger partial charge in [-0.05, 0) is 29.8 Å². The molecule has 0 atom stereocenters. The molecule has 1 aromatic heterocycles. The molecule has 0 spiro atoms. The molecular formula is C17H12ClF2N3O. The minimum atomic E-state index is -1.02. The first-order valence-corrected chi connectivity index (χ1v) is 7.44. The minimum absolute atomic E-state index is 0.109. The van der Waals surface area contributed by atoms with E-state index in [4.69, 9.17) is 11.6 Å². The number of hydrogen-bond acceptors (Lipinski definition) is 3. The van der Waals surface area contributed by atoms with E-state index in [9.17, 15) is 13.6 Å². The largest absolute Gasteiger partial charge is 0.361 e. The van der Waals surface area contributed by atoms with Crippen LogP contribution >= 0.6 is 11.6 Å². The van der Waals surface area contributed by atoms with Gasteiger partial charge < -0.3 is 5.32 Å². The van der Waals surface area contributed by atoms with Crippen LogP contribution in [0.2, 0.25) is 5.02 Å². The van der Waals surface area contributed by atoms with Gasteiger partial charge >= 0.3 is 0 Å². The molecule has 0 unspecified atom stereocenters. The van der Waals surface area contributed by atoms with Crippen molar-refractivity contribution >= 4 is 17.4 Å². The van der Waals surface area contributed by atoms with Gasteiger partial charge in [-0.2, -0.15) is 0 Å². The van der Waals surface area contributed by atoms with E-state index in [1.807, 2.05) is 12.1 Å². The van der Waals surface area contributed by atoms with Gasteiger partial charge in [-0.1, -0.05) is 23.7 Å². The lowest BCUT2D eigenvalue weighted by Gasteiger charge is -2.09. The van der Waals surface area contributed by atoms with Gasteiger partial charge in [-0.25, -0.2) is 13.8 Å². The molecule has 24 heavy (non-hydrogen) atoms. The Balaban J connectivity index is 1.86. The summed E-state index contributed by atoms with van der Waals surface area (Å²) in [4.78, 5) is 16.4. The molecule has 0 bridgehead atoms. The average Bonchev–Trinajstić information content (AvgIpc) is 2.58. The predicted octanol–water partition coefficient (Wildman–Crippen LogP) is 3.78. The molecule has 1 heterocycles. The van der Waals surface area contributed by atoms with E-state index in [0.717, 1.165) is 17.7 Å². The van der Waals surface area contributed by atoms with Gasteiger partial charge in [0.25, 0.3) is 5.56 Å². The first kappa shape index (κ1) is 16.1. The van der Waals surface area contributed by atoms with Crippen molar-refractivity contribution in [2.24, 2.45) is 0 Å². The highest BCUT2D eigenvalue weighted by Gasteiger charge is 2.09. The van der Waals surface area contributed by atoms with Gasteiger partial charge in [0.1, 0.15) is 0 Å². The van der Waals surface area contributed by atoms with Gasteiger partial charge in [0.05, 0.1) is 5.69 Å². The van der Waals surface area contributed by atoms with E-state index in [1.54, 1.807) is 12.1 Å². The number of rotatable bonds is 4. The lowest BCUT2D eigenvalue weighted by atomic mass is 10.2. The van der Waals surface area contributed by atoms with Crippen LogP contribution in [0.1, 0.15) is 5.56 Å². The molecule has 122 valence electrons. The maximum Gasteiger partial charge on any atom is 0.297 e. The Bertz CT molecular complexity index is 926. The molecule has 0 saturated carbocycles. The highest BCUT2D eigenvalue weighted by atomic mass is 35.5. The number of nitrogens with one attached hydrogen (secondary N) is 1. The van der Waals surface area contributed by atoms with Gasteiger partial charge in [-0.3, -0.25) is 9.36 Å². The Morgan fingerprint density at radius 3 is 2.54 bits per heavy atom. The molecule has 0 radical (unpaired) electrons. The zero-order valence-corrected chi connectivity index (χ0v) is 13.1. The van der Waals surface area contributed by atoms with Crippen molar-refractivity contribution in [2.45, 2.75) is 6.54 Å². The number of anilines is 1. The van der Waals surface area contributed by atoms with Crippen molar-refractivity contribution in [1.82, 2.24) is 9.55 Å². The van der Waals surface area contributed by atoms with Crippen molar-refractivity contribution in [2.75, 3.05) is 5.32 Å². The smallest absolute Gasteiger partial charge is 0.297 e. The maximum absolute atomic E-state index is 13.4. The van der Waals surface area contributed by atoms with Gasteiger partial charge in [0, 0.05) is 30.0 Å². The average molecular weight is 348 g/mol. The van der Waals surface area contributed by atoms with Gasteiger partial charge in [0.15, 0.2) is 17.5 Å². The number of nitrogens with zero attached hydrogens (tertiary/aromatic N) is 2. The molecule has 0 saturated heterocycles. The van der Waals surface area contributed by atoms with E-state index in [-0.39, 0.29) is 11.5 Å². The molecular weight excluding hydrogens is 336 g/mol. The fraction of sp³-hybridized carbons (Fsp3) is 0.0588. The quantitative estimate of drug-likeness (QED) is 0.781. The fourth-order valence-electron chi connectivity index (χ4n) is 2.16. The van der Waals surface area contributed by atoms with E-state index in [1.165, 1.54) is 23.0 Å². The summed E-state index contributed by atoms with van der Waals surface area (Å²) in [7, 11) is 0. The van der Waals surface area contributed by atoms with Crippen LogP contribution in [-0.2, 0) is 6.54 Å². The van der Waals surface area contributed by atoms with Crippen LogP contribution < -0.4 is 10.9 Å². The second-order valence-corrected chi connectivity index (χ2v) is 5.47. The van der Waals surface area contributed by atoms with Crippen molar-refractivity contribution in [3.8, 4) is 5.69 Å². The number of halogens is 3. The zero-order chi connectivity index (χ0) is 17.1. The van der Waals surface area contributed by atoms with Crippen LogP contribution in [0.4, 0.5) is 14.6 Å². The van der Waals surface area contributed by atoms with Crippen LogP contribution in [0.15, 0.2) is 59.7 Å². The van der Waals surface area contributed by atoms with Crippen molar-refractivity contribution in [3.63, 3.8) is 0 Å². The number of aromatic nitrogens is 2. The third-order valence-corrected chi connectivity index (χ3v) is 3.65. The monoisotopic (exact) mass is 347 g/mol. The molecule has 2 aromatic carbocycles. The number of benzene rings is 2. The summed E-state index contributed by atoms with van der Waals surface area (Å²) in [5, 5.41) is 3.55. The molecule has 3 aromatic rings. The maximum atomic E-state index is 13.4. The van der Waals surface area contributed by atoms with Gasteiger partial charge in [0.2, 0.25) is 0 Å². The molecule has 0 aliphatic rings. The van der Waals surface area contributed by atoms with Crippen molar-refractivity contribution in [3.05, 3.63) is 87.4 Å². The lowest BCUT2D eigenvalue weighted by molar-refractivity contribution is 0.508. The van der Waals surface area contributed by atoms with E-state index >= 15 is 0 Å². The molecule has 1 N–H and O–H groups in total. The van der Waals surface area contributed by atoms with Crippen LogP contribution in [0.5, 0.6) is 0 Å². The molecule has 3 rings (SSSR count). The predicted molar refractivity (Wildman–Crippen MR) is 88.5 cm³/mol. The van der Waals surface area contributed by atoms with Crippen molar-refractivity contribution in [1.29, 1.82) is 0 Å².